The lowest BCUT2D eigenvalue weighted by molar-refractivity contribution is 0.464. The molecule has 2 heteroatoms. The summed E-state index contributed by atoms with van der Waals surface area (Å²) < 4.78 is 0. The maximum absolute atomic E-state index is 6.09. The molecular weight excluding hydrogens is 320 g/mol. The van der Waals surface area contributed by atoms with Crippen LogP contribution in [0.1, 0.15) is 24.5 Å². The third-order valence-electron chi connectivity index (χ3n) is 3.75. The Morgan fingerprint density at radius 3 is 2.37 bits per heavy atom. The van der Waals surface area contributed by atoms with Crippen molar-refractivity contribution in [1.29, 1.82) is 0 Å². The molecule has 0 saturated carbocycles. The Hall–Kier alpha value is -0.790. The summed E-state index contributed by atoms with van der Waals surface area (Å²) in [5.41, 5.74) is 2.80. The summed E-state index contributed by atoms with van der Waals surface area (Å²) >= 11 is 9.81. The molecule has 100 valence electrons. The first-order chi connectivity index (χ1) is 9.20. The van der Waals surface area contributed by atoms with Gasteiger partial charge in [-0.15, -0.1) is 0 Å². The van der Waals surface area contributed by atoms with Crippen molar-refractivity contribution in [2.24, 2.45) is 0 Å². The molecule has 2 rings (SSSR count). The highest BCUT2D eigenvalue weighted by atomic mass is 79.9. The van der Waals surface area contributed by atoms with E-state index in [4.69, 9.17) is 11.6 Å². The molecular formula is C17H18BrCl. The maximum atomic E-state index is 6.09. The summed E-state index contributed by atoms with van der Waals surface area (Å²) in [6, 6.07) is 18.9. The fraction of sp³-hybridized carbons (Fsp3) is 0.294. The van der Waals surface area contributed by atoms with E-state index in [1.807, 2.05) is 12.1 Å². The van der Waals surface area contributed by atoms with Crippen LogP contribution in [-0.4, -0.2) is 5.33 Å². The Labute approximate surface area is 128 Å². The molecule has 1 unspecified atom stereocenters. The Bertz CT molecular complexity index is 518. The van der Waals surface area contributed by atoms with Crippen molar-refractivity contribution < 1.29 is 0 Å². The Kier molecular flexibility index (Phi) is 5.06. The van der Waals surface area contributed by atoms with Crippen LogP contribution in [0.25, 0.3) is 0 Å². The Morgan fingerprint density at radius 2 is 1.79 bits per heavy atom. The van der Waals surface area contributed by atoms with Gasteiger partial charge in [-0.1, -0.05) is 76.9 Å². The van der Waals surface area contributed by atoms with Gasteiger partial charge in [0.1, 0.15) is 0 Å². The molecule has 0 spiro atoms. The van der Waals surface area contributed by atoms with Crippen LogP contribution < -0.4 is 0 Å². The van der Waals surface area contributed by atoms with E-state index in [1.165, 1.54) is 11.1 Å². The molecule has 0 aliphatic heterocycles. The van der Waals surface area contributed by atoms with Gasteiger partial charge in [-0.3, -0.25) is 0 Å². The standard InChI is InChI=1S/C17H18BrCl/c1-2-17(13-18,15-8-4-3-5-9-15)12-14-7-6-10-16(19)11-14/h3-11H,2,12-13H2,1H3. The average molecular weight is 338 g/mol. The molecule has 2 aromatic rings. The van der Waals surface area contributed by atoms with Gasteiger partial charge in [-0.2, -0.15) is 0 Å². The van der Waals surface area contributed by atoms with E-state index in [1.54, 1.807) is 0 Å². The van der Waals surface area contributed by atoms with Gasteiger partial charge in [0.15, 0.2) is 0 Å². The predicted molar refractivity (Wildman–Crippen MR) is 87.4 cm³/mol. The number of halogens is 2. The van der Waals surface area contributed by atoms with Gasteiger partial charge in [-0.05, 0) is 36.1 Å². The zero-order valence-electron chi connectivity index (χ0n) is 11.1. The van der Waals surface area contributed by atoms with E-state index in [9.17, 15) is 0 Å². The minimum atomic E-state index is 0.131. The molecule has 0 aromatic heterocycles. The summed E-state index contributed by atoms with van der Waals surface area (Å²) in [5, 5.41) is 1.76. The molecule has 0 N–H and O–H groups in total. The van der Waals surface area contributed by atoms with Gasteiger partial charge < -0.3 is 0 Å². The number of hydrogen-bond acceptors (Lipinski definition) is 0. The minimum Gasteiger partial charge on any atom is -0.0918 e. The molecule has 0 amide bonds. The normalized spacial score (nSPS) is 14.1. The largest absolute Gasteiger partial charge is 0.0918 e. The molecule has 1 atom stereocenters. The van der Waals surface area contributed by atoms with E-state index in [2.05, 4.69) is 65.3 Å². The van der Waals surface area contributed by atoms with E-state index >= 15 is 0 Å². The van der Waals surface area contributed by atoms with Crippen molar-refractivity contribution in [3.8, 4) is 0 Å². The fourth-order valence-electron chi connectivity index (χ4n) is 2.48. The highest BCUT2D eigenvalue weighted by molar-refractivity contribution is 9.09. The second-order valence-electron chi connectivity index (χ2n) is 4.94. The average Bonchev–Trinajstić information content (AvgIpc) is 2.46. The monoisotopic (exact) mass is 336 g/mol. The molecule has 0 aliphatic carbocycles. The van der Waals surface area contributed by atoms with E-state index in [0.717, 1.165) is 23.2 Å². The van der Waals surface area contributed by atoms with Crippen molar-refractivity contribution in [2.45, 2.75) is 25.2 Å². The van der Waals surface area contributed by atoms with Crippen LogP contribution in [-0.2, 0) is 11.8 Å². The maximum Gasteiger partial charge on any atom is 0.0408 e. The van der Waals surface area contributed by atoms with Gasteiger partial charge in [0.2, 0.25) is 0 Å². The predicted octanol–water partition coefficient (Wildman–Crippen LogP) is 5.63. The smallest absolute Gasteiger partial charge is 0.0408 e. The van der Waals surface area contributed by atoms with Crippen molar-refractivity contribution >= 4 is 27.5 Å². The van der Waals surface area contributed by atoms with Crippen molar-refractivity contribution in [3.05, 3.63) is 70.7 Å². The number of rotatable bonds is 5. The first-order valence-corrected chi connectivity index (χ1v) is 8.06. The van der Waals surface area contributed by atoms with Crippen LogP contribution in [0.4, 0.5) is 0 Å². The molecule has 0 nitrogen and oxygen atoms in total. The zero-order valence-corrected chi connectivity index (χ0v) is 13.4. The Morgan fingerprint density at radius 1 is 1.05 bits per heavy atom. The molecule has 0 radical (unpaired) electrons. The molecule has 0 saturated heterocycles. The summed E-state index contributed by atoms with van der Waals surface area (Å²) in [6.07, 6.45) is 2.09. The van der Waals surface area contributed by atoms with Gasteiger partial charge in [0.25, 0.3) is 0 Å². The van der Waals surface area contributed by atoms with Crippen LogP contribution in [0.2, 0.25) is 5.02 Å². The van der Waals surface area contributed by atoms with Gasteiger partial charge in [-0.25, -0.2) is 0 Å². The van der Waals surface area contributed by atoms with E-state index in [0.29, 0.717) is 0 Å². The molecule has 19 heavy (non-hydrogen) atoms. The van der Waals surface area contributed by atoms with Crippen LogP contribution in [0, 0.1) is 0 Å². The number of hydrogen-bond donors (Lipinski definition) is 0. The third-order valence-corrected chi connectivity index (χ3v) is 5.06. The number of alkyl halides is 1. The van der Waals surface area contributed by atoms with Crippen LogP contribution in [0.15, 0.2) is 54.6 Å². The first kappa shape index (κ1) is 14.6. The van der Waals surface area contributed by atoms with Crippen LogP contribution in [0.3, 0.4) is 0 Å². The lowest BCUT2D eigenvalue weighted by Gasteiger charge is -2.32. The van der Waals surface area contributed by atoms with Crippen LogP contribution >= 0.6 is 27.5 Å². The van der Waals surface area contributed by atoms with Gasteiger partial charge >= 0.3 is 0 Å². The van der Waals surface area contributed by atoms with E-state index in [-0.39, 0.29) is 5.41 Å². The van der Waals surface area contributed by atoms with Crippen molar-refractivity contribution in [3.63, 3.8) is 0 Å². The molecule has 0 heterocycles. The van der Waals surface area contributed by atoms with E-state index < -0.39 is 0 Å². The summed E-state index contributed by atoms with van der Waals surface area (Å²) in [5.74, 6) is 0. The molecule has 0 fully saturated rings. The van der Waals surface area contributed by atoms with Crippen molar-refractivity contribution in [1.82, 2.24) is 0 Å². The SMILES string of the molecule is CCC(CBr)(Cc1cccc(Cl)c1)c1ccccc1. The lowest BCUT2D eigenvalue weighted by Crippen LogP contribution is -2.30. The lowest BCUT2D eigenvalue weighted by atomic mass is 9.75. The summed E-state index contributed by atoms with van der Waals surface area (Å²) in [4.78, 5) is 0. The zero-order chi connectivity index (χ0) is 13.7. The van der Waals surface area contributed by atoms with Gasteiger partial charge in [0.05, 0.1) is 0 Å². The third kappa shape index (κ3) is 3.40. The molecule has 0 aliphatic rings. The molecule has 2 aromatic carbocycles. The fourth-order valence-corrected chi connectivity index (χ4v) is 3.61. The minimum absolute atomic E-state index is 0.131. The first-order valence-electron chi connectivity index (χ1n) is 6.56. The quantitative estimate of drug-likeness (QED) is 0.621. The highest BCUT2D eigenvalue weighted by Gasteiger charge is 2.29. The summed E-state index contributed by atoms with van der Waals surface area (Å²) in [6.45, 7) is 2.25. The second-order valence-corrected chi connectivity index (χ2v) is 5.94. The highest BCUT2D eigenvalue weighted by Crippen LogP contribution is 2.34. The number of benzene rings is 2. The second kappa shape index (κ2) is 6.58. The topological polar surface area (TPSA) is 0 Å². The summed E-state index contributed by atoms with van der Waals surface area (Å²) in [7, 11) is 0. The van der Waals surface area contributed by atoms with Crippen molar-refractivity contribution in [2.75, 3.05) is 5.33 Å². The van der Waals surface area contributed by atoms with Crippen LogP contribution in [0.5, 0.6) is 0 Å². The molecule has 0 bridgehead atoms. The Balaban J connectivity index is 2.35. The van der Waals surface area contributed by atoms with Gasteiger partial charge in [0, 0.05) is 15.8 Å².